The maximum absolute atomic E-state index is 13.6. The molecule has 0 radical (unpaired) electrons. The molecule has 0 bridgehead atoms. The van der Waals surface area contributed by atoms with E-state index in [1.54, 1.807) is 31.8 Å². The Bertz CT molecular complexity index is 1270. The number of nitrogens with one attached hydrogen (secondary N) is 1. The van der Waals surface area contributed by atoms with Crippen LogP contribution in [-0.4, -0.2) is 70.1 Å². The quantitative estimate of drug-likeness (QED) is 0.412. The van der Waals surface area contributed by atoms with Gasteiger partial charge in [-0.05, 0) is 18.2 Å². The summed E-state index contributed by atoms with van der Waals surface area (Å²) in [6, 6.07) is 16.4. The SMILES string of the molecule is COc1ccccc1[C@@H]([C@@H](O)C(=O)c1c[nH]c2ccccc12)N1CCN(c2ncccn2)CC1. The summed E-state index contributed by atoms with van der Waals surface area (Å²) in [4.78, 5) is 29.7. The highest BCUT2D eigenvalue weighted by Crippen LogP contribution is 2.35. The van der Waals surface area contributed by atoms with Crippen molar-refractivity contribution in [3.8, 4) is 5.75 Å². The number of benzene rings is 2. The molecule has 174 valence electrons. The van der Waals surface area contributed by atoms with Gasteiger partial charge in [0.05, 0.1) is 13.2 Å². The van der Waals surface area contributed by atoms with E-state index in [9.17, 15) is 9.90 Å². The second-order valence-corrected chi connectivity index (χ2v) is 8.32. The lowest BCUT2D eigenvalue weighted by Gasteiger charge is -2.41. The molecule has 2 atom stereocenters. The standard InChI is InChI=1S/C26H27N5O3/c1-34-22-10-5-3-8-19(22)23(30-13-15-31(16-14-30)26-27-11-6-12-28-26)25(33)24(32)20-17-29-21-9-4-2-7-18(20)21/h2-12,17,23,25,29,33H,13-16H2,1H3/t23-,25+/m0/s1. The number of hydrogen-bond acceptors (Lipinski definition) is 7. The van der Waals surface area contributed by atoms with Crippen molar-refractivity contribution in [2.75, 3.05) is 38.2 Å². The van der Waals surface area contributed by atoms with Crippen molar-refractivity contribution >= 4 is 22.6 Å². The summed E-state index contributed by atoms with van der Waals surface area (Å²) in [5.41, 5.74) is 2.14. The average Bonchev–Trinajstić information content (AvgIpc) is 3.34. The minimum absolute atomic E-state index is 0.317. The zero-order chi connectivity index (χ0) is 23.5. The number of carbonyl (C=O) groups excluding carboxylic acids is 1. The average molecular weight is 458 g/mol. The van der Waals surface area contributed by atoms with Gasteiger partial charge in [-0.3, -0.25) is 9.69 Å². The molecule has 8 nitrogen and oxygen atoms in total. The molecule has 1 aliphatic heterocycles. The second-order valence-electron chi connectivity index (χ2n) is 8.32. The maximum Gasteiger partial charge on any atom is 0.225 e. The largest absolute Gasteiger partial charge is 0.496 e. The Morgan fingerprint density at radius 1 is 1.00 bits per heavy atom. The molecule has 0 saturated carbocycles. The molecule has 1 saturated heterocycles. The summed E-state index contributed by atoms with van der Waals surface area (Å²) >= 11 is 0. The van der Waals surface area contributed by atoms with E-state index in [0.717, 1.165) is 16.5 Å². The fourth-order valence-electron chi connectivity index (χ4n) is 4.71. The summed E-state index contributed by atoms with van der Waals surface area (Å²) in [6.07, 6.45) is 3.88. The molecular formula is C26H27N5O3. The van der Waals surface area contributed by atoms with Crippen LogP contribution in [0.15, 0.2) is 73.2 Å². The Hall–Kier alpha value is -3.75. The van der Waals surface area contributed by atoms with Crippen LogP contribution in [0.2, 0.25) is 0 Å². The van der Waals surface area contributed by atoms with Crippen LogP contribution >= 0.6 is 0 Å². The van der Waals surface area contributed by atoms with Crippen molar-refractivity contribution in [2.45, 2.75) is 12.1 Å². The van der Waals surface area contributed by atoms with Gasteiger partial charge in [0.25, 0.3) is 0 Å². The normalized spacial score (nSPS) is 16.4. The van der Waals surface area contributed by atoms with Crippen LogP contribution in [0.5, 0.6) is 5.75 Å². The van der Waals surface area contributed by atoms with Crippen LogP contribution in [-0.2, 0) is 0 Å². The van der Waals surface area contributed by atoms with Gasteiger partial charge in [-0.1, -0.05) is 36.4 Å². The predicted octanol–water partition coefficient (Wildman–Crippen LogP) is 3.07. The monoisotopic (exact) mass is 457 g/mol. The molecule has 2 aromatic carbocycles. The Morgan fingerprint density at radius 3 is 2.47 bits per heavy atom. The molecule has 8 heteroatoms. The number of ketones is 1. The van der Waals surface area contributed by atoms with Crippen molar-refractivity contribution in [3.05, 3.63) is 84.3 Å². The number of hydrogen-bond donors (Lipinski definition) is 2. The predicted molar refractivity (Wildman–Crippen MR) is 130 cm³/mol. The number of H-pyrrole nitrogens is 1. The lowest BCUT2D eigenvalue weighted by molar-refractivity contribution is 0.0358. The number of methoxy groups -OCH3 is 1. The summed E-state index contributed by atoms with van der Waals surface area (Å²) in [7, 11) is 1.61. The number of nitrogens with zero attached hydrogens (tertiary/aromatic N) is 4. The third kappa shape index (κ3) is 4.13. The molecule has 0 aliphatic carbocycles. The minimum atomic E-state index is -1.27. The fraction of sp³-hybridized carbons (Fsp3) is 0.269. The van der Waals surface area contributed by atoms with Crippen molar-refractivity contribution < 1.29 is 14.6 Å². The van der Waals surface area contributed by atoms with E-state index in [0.29, 0.717) is 43.4 Å². The molecule has 1 fully saturated rings. The number of aromatic nitrogens is 3. The van der Waals surface area contributed by atoms with Crippen LogP contribution in [0.3, 0.4) is 0 Å². The number of piperazine rings is 1. The molecule has 2 aromatic heterocycles. The van der Waals surface area contributed by atoms with E-state index in [-0.39, 0.29) is 5.78 Å². The summed E-state index contributed by atoms with van der Waals surface area (Å²) in [6.45, 7) is 2.64. The van der Waals surface area contributed by atoms with E-state index >= 15 is 0 Å². The van der Waals surface area contributed by atoms with Crippen LogP contribution in [0.25, 0.3) is 10.9 Å². The zero-order valence-corrected chi connectivity index (χ0v) is 19.0. The molecule has 1 aliphatic rings. The lowest BCUT2D eigenvalue weighted by atomic mass is 9.92. The third-order valence-corrected chi connectivity index (χ3v) is 6.42. The topological polar surface area (TPSA) is 94.6 Å². The van der Waals surface area contributed by atoms with Crippen molar-refractivity contribution in [1.82, 2.24) is 19.9 Å². The first-order valence-electron chi connectivity index (χ1n) is 11.3. The Kier molecular flexibility index (Phi) is 6.24. The number of aliphatic hydroxyl groups is 1. The highest BCUT2D eigenvalue weighted by Gasteiger charge is 2.37. The third-order valence-electron chi connectivity index (χ3n) is 6.42. The molecule has 0 amide bonds. The number of rotatable bonds is 7. The first kappa shape index (κ1) is 22.1. The molecule has 34 heavy (non-hydrogen) atoms. The number of Topliss-reactive ketones (excluding diaryl/α,β-unsaturated/α-hetero) is 1. The van der Waals surface area contributed by atoms with Gasteiger partial charge in [-0.25, -0.2) is 9.97 Å². The first-order valence-corrected chi connectivity index (χ1v) is 11.3. The molecule has 2 N–H and O–H groups in total. The summed E-state index contributed by atoms with van der Waals surface area (Å²) in [5, 5.41) is 12.3. The van der Waals surface area contributed by atoms with Gasteiger partial charge >= 0.3 is 0 Å². The van der Waals surface area contributed by atoms with Gasteiger partial charge in [0.1, 0.15) is 11.9 Å². The van der Waals surface area contributed by atoms with Gasteiger partial charge < -0.3 is 19.7 Å². The maximum atomic E-state index is 13.6. The second kappa shape index (κ2) is 9.62. The molecular weight excluding hydrogens is 430 g/mol. The van der Waals surface area contributed by atoms with Crippen molar-refractivity contribution in [2.24, 2.45) is 0 Å². The zero-order valence-electron chi connectivity index (χ0n) is 19.0. The number of carbonyl (C=O) groups is 1. The Morgan fingerprint density at radius 2 is 1.71 bits per heavy atom. The van der Waals surface area contributed by atoms with Crippen LogP contribution in [0, 0.1) is 0 Å². The number of aromatic amines is 1. The summed E-state index contributed by atoms with van der Waals surface area (Å²) < 4.78 is 5.61. The molecule has 3 heterocycles. The van der Waals surface area contributed by atoms with E-state index in [1.807, 2.05) is 48.5 Å². The Labute approximate surface area is 197 Å². The molecule has 0 spiro atoms. The van der Waals surface area contributed by atoms with Gasteiger partial charge in [-0.15, -0.1) is 0 Å². The highest BCUT2D eigenvalue weighted by molar-refractivity contribution is 6.10. The molecule has 0 unspecified atom stereocenters. The Balaban J connectivity index is 1.46. The van der Waals surface area contributed by atoms with E-state index in [4.69, 9.17) is 4.74 Å². The number of para-hydroxylation sites is 2. The molecule has 5 rings (SSSR count). The number of aliphatic hydroxyl groups excluding tert-OH is 1. The first-order chi connectivity index (χ1) is 16.7. The van der Waals surface area contributed by atoms with Gasteiger partial charge in [0.15, 0.2) is 5.78 Å². The number of anilines is 1. The van der Waals surface area contributed by atoms with Crippen molar-refractivity contribution in [1.29, 1.82) is 0 Å². The lowest BCUT2D eigenvalue weighted by Crippen LogP contribution is -2.51. The van der Waals surface area contributed by atoms with Gasteiger partial charge in [0, 0.05) is 66.8 Å². The van der Waals surface area contributed by atoms with Crippen LogP contribution in [0.1, 0.15) is 22.0 Å². The number of fused-ring (bicyclic) bond motifs is 1. The van der Waals surface area contributed by atoms with Crippen LogP contribution in [0.4, 0.5) is 5.95 Å². The number of ether oxygens (including phenoxy) is 1. The van der Waals surface area contributed by atoms with E-state index < -0.39 is 12.1 Å². The molecule has 4 aromatic rings. The summed E-state index contributed by atoms with van der Waals surface area (Å²) in [5.74, 6) is 1.01. The minimum Gasteiger partial charge on any atom is -0.496 e. The highest BCUT2D eigenvalue weighted by atomic mass is 16.5. The van der Waals surface area contributed by atoms with Gasteiger partial charge in [-0.2, -0.15) is 0 Å². The van der Waals surface area contributed by atoms with E-state index in [1.165, 1.54) is 0 Å². The smallest absolute Gasteiger partial charge is 0.225 e. The van der Waals surface area contributed by atoms with Crippen molar-refractivity contribution in [3.63, 3.8) is 0 Å². The van der Waals surface area contributed by atoms with E-state index in [2.05, 4.69) is 24.8 Å². The van der Waals surface area contributed by atoms with Gasteiger partial charge in [0.2, 0.25) is 5.95 Å². The van der Waals surface area contributed by atoms with Crippen LogP contribution < -0.4 is 9.64 Å². The fourth-order valence-corrected chi connectivity index (χ4v) is 4.71.